The normalized spacial score (nSPS) is 17.4. The molecule has 28 heavy (non-hydrogen) atoms. The maximum absolute atomic E-state index is 12.9. The van der Waals surface area contributed by atoms with Gasteiger partial charge in [-0.1, -0.05) is 17.3 Å². The van der Waals surface area contributed by atoms with Crippen LogP contribution in [0.4, 0.5) is 10.5 Å². The number of carbonyl (C=O) groups is 2. The van der Waals surface area contributed by atoms with Gasteiger partial charge in [-0.15, -0.1) is 0 Å². The Bertz CT molecular complexity index is 850. The minimum absolute atomic E-state index is 0.0951. The molecule has 148 valence electrons. The van der Waals surface area contributed by atoms with Crippen LogP contribution in [0, 0.1) is 31.6 Å². The third-order valence-electron chi connectivity index (χ3n) is 5.75. The van der Waals surface area contributed by atoms with E-state index in [1.165, 1.54) is 0 Å². The highest BCUT2D eigenvalue weighted by Gasteiger charge is 2.48. The molecule has 1 aromatic carbocycles. The molecule has 3 N–H and O–H groups in total. The zero-order chi connectivity index (χ0) is 19.8. The molecule has 2 aliphatic rings. The van der Waals surface area contributed by atoms with Gasteiger partial charge in [-0.3, -0.25) is 4.79 Å². The highest BCUT2D eigenvalue weighted by atomic mass is 16.5. The summed E-state index contributed by atoms with van der Waals surface area (Å²) in [6.45, 7) is 3.75. The lowest BCUT2D eigenvalue weighted by Gasteiger charge is -2.26. The summed E-state index contributed by atoms with van der Waals surface area (Å²) in [5.74, 6) is 1.47. The van der Waals surface area contributed by atoms with Crippen molar-refractivity contribution in [1.82, 2.24) is 10.5 Å². The molecule has 7 heteroatoms. The summed E-state index contributed by atoms with van der Waals surface area (Å²) in [5.41, 5.74) is 3.37. The van der Waals surface area contributed by atoms with Crippen LogP contribution in [-0.4, -0.2) is 28.3 Å². The van der Waals surface area contributed by atoms with E-state index in [2.05, 4.69) is 15.8 Å². The van der Waals surface area contributed by atoms with Crippen LogP contribution in [0.15, 0.2) is 28.8 Å². The number of nitrogens with one attached hydrogen (secondary N) is 2. The highest BCUT2D eigenvalue weighted by molar-refractivity contribution is 5.97. The van der Waals surface area contributed by atoms with Gasteiger partial charge in [0.25, 0.3) is 0 Å². The van der Waals surface area contributed by atoms with Crippen LogP contribution in [0.3, 0.4) is 0 Å². The first-order valence-corrected chi connectivity index (χ1v) is 9.77. The fraction of sp³-hybridized carbons (Fsp3) is 0.476. The Balaban J connectivity index is 1.50. The predicted octanol–water partition coefficient (Wildman–Crippen LogP) is 3.97. The number of hydrogen-bond donors (Lipinski definition) is 3. The van der Waals surface area contributed by atoms with E-state index >= 15 is 0 Å². The van der Waals surface area contributed by atoms with Crippen molar-refractivity contribution < 1.29 is 19.2 Å². The second-order valence-corrected chi connectivity index (χ2v) is 7.95. The van der Waals surface area contributed by atoms with E-state index in [-0.39, 0.29) is 11.8 Å². The minimum atomic E-state index is -1.15. The number of anilines is 1. The van der Waals surface area contributed by atoms with Gasteiger partial charge >= 0.3 is 6.09 Å². The quantitative estimate of drug-likeness (QED) is 0.671. The maximum atomic E-state index is 12.9. The van der Waals surface area contributed by atoms with Crippen molar-refractivity contribution in [3.63, 3.8) is 0 Å². The van der Waals surface area contributed by atoms with Crippen LogP contribution in [0.1, 0.15) is 37.1 Å². The number of amides is 2. The molecule has 0 radical (unpaired) electrons. The molecule has 4 rings (SSSR count). The SMILES string of the molecule is Cc1noc(C)c1-c1ccc(NC(=O)[C@@H](NC(=O)O)C(C2CC2)C2CC2)cc1. The van der Waals surface area contributed by atoms with Crippen molar-refractivity contribution in [3.05, 3.63) is 35.7 Å². The number of nitrogens with zero attached hydrogens (tertiary/aromatic N) is 1. The van der Waals surface area contributed by atoms with Crippen LogP contribution in [0.25, 0.3) is 11.1 Å². The first-order chi connectivity index (χ1) is 13.4. The molecule has 2 aromatic rings. The second kappa shape index (κ2) is 7.30. The highest BCUT2D eigenvalue weighted by Crippen LogP contribution is 2.50. The average molecular weight is 383 g/mol. The lowest BCUT2D eigenvalue weighted by Crippen LogP contribution is -2.49. The Morgan fingerprint density at radius 2 is 1.71 bits per heavy atom. The summed E-state index contributed by atoms with van der Waals surface area (Å²) >= 11 is 0. The van der Waals surface area contributed by atoms with Gasteiger partial charge in [0.2, 0.25) is 5.91 Å². The van der Waals surface area contributed by atoms with E-state index < -0.39 is 12.1 Å². The molecule has 2 aliphatic carbocycles. The Labute approximate surface area is 163 Å². The van der Waals surface area contributed by atoms with E-state index in [1.807, 2.05) is 38.1 Å². The number of rotatable bonds is 7. The molecule has 0 spiro atoms. The summed E-state index contributed by atoms with van der Waals surface area (Å²) in [5, 5.41) is 18.6. The van der Waals surface area contributed by atoms with Crippen molar-refractivity contribution in [3.8, 4) is 11.1 Å². The molecule has 2 amide bonds. The molecule has 0 unspecified atom stereocenters. The van der Waals surface area contributed by atoms with Crippen molar-refractivity contribution in [1.29, 1.82) is 0 Å². The molecular formula is C21H25N3O4. The fourth-order valence-corrected chi connectivity index (χ4v) is 4.20. The predicted molar refractivity (Wildman–Crippen MR) is 104 cm³/mol. The van der Waals surface area contributed by atoms with Gasteiger partial charge in [-0.05, 0) is 75.0 Å². The summed E-state index contributed by atoms with van der Waals surface area (Å²) in [4.78, 5) is 24.2. The van der Waals surface area contributed by atoms with E-state index in [0.717, 1.165) is 48.3 Å². The van der Waals surface area contributed by atoms with Crippen LogP contribution in [0.5, 0.6) is 0 Å². The van der Waals surface area contributed by atoms with Crippen molar-refractivity contribution in [2.45, 2.75) is 45.6 Å². The lowest BCUT2D eigenvalue weighted by atomic mass is 9.88. The van der Waals surface area contributed by atoms with Gasteiger partial charge in [0.15, 0.2) is 0 Å². The first-order valence-electron chi connectivity index (χ1n) is 9.77. The molecule has 1 heterocycles. The van der Waals surface area contributed by atoms with Gasteiger partial charge in [-0.2, -0.15) is 0 Å². The van der Waals surface area contributed by atoms with Crippen LogP contribution in [0.2, 0.25) is 0 Å². The number of aromatic nitrogens is 1. The van der Waals surface area contributed by atoms with E-state index in [9.17, 15) is 14.7 Å². The molecule has 1 aromatic heterocycles. The van der Waals surface area contributed by atoms with Gasteiger partial charge in [0.05, 0.1) is 5.69 Å². The van der Waals surface area contributed by atoms with Crippen molar-refractivity contribution >= 4 is 17.7 Å². The summed E-state index contributed by atoms with van der Waals surface area (Å²) < 4.78 is 5.21. The summed E-state index contributed by atoms with van der Waals surface area (Å²) in [7, 11) is 0. The largest absolute Gasteiger partial charge is 0.465 e. The number of carbonyl (C=O) groups excluding carboxylic acids is 1. The molecule has 1 atom stereocenters. The molecule has 0 saturated heterocycles. The molecule has 7 nitrogen and oxygen atoms in total. The third-order valence-corrected chi connectivity index (χ3v) is 5.75. The van der Waals surface area contributed by atoms with Crippen LogP contribution < -0.4 is 10.6 Å². The second-order valence-electron chi connectivity index (χ2n) is 7.95. The van der Waals surface area contributed by atoms with E-state index in [1.54, 1.807) is 0 Å². The number of carboxylic acid groups (broad SMARTS) is 1. The Kier molecular flexibility index (Phi) is 4.83. The van der Waals surface area contributed by atoms with E-state index in [4.69, 9.17) is 4.52 Å². The van der Waals surface area contributed by atoms with E-state index in [0.29, 0.717) is 17.5 Å². The third kappa shape index (κ3) is 3.88. The van der Waals surface area contributed by atoms with Gasteiger partial charge in [0.1, 0.15) is 11.8 Å². The standard InChI is InChI=1S/C21H25N3O4/c1-11-17(12(2)28-24-11)13-7-9-16(10-8-13)22-20(25)19(23-21(26)27)18(14-3-4-14)15-5-6-15/h7-10,14-15,18-19,23H,3-6H2,1-2H3,(H,22,25)(H,26,27)/t19-/m0/s1. The first kappa shape index (κ1) is 18.5. The molecule has 2 saturated carbocycles. The molecule has 0 bridgehead atoms. The fourth-order valence-electron chi connectivity index (χ4n) is 4.20. The Hall–Kier alpha value is -2.83. The Morgan fingerprint density at radius 1 is 1.11 bits per heavy atom. The zero-order valence-electron chi connectivity index (χ0n) is 16.1. The molecule has 2 fully saturated rings. The number of benzene rings is 1. The lowest BCUT2D eigenvalue weighted by molar-refractivity contribution is -0.119. The summed E-state index contributed by atoms with van der Waals surface area (Å²) in [6, 6.07) is 6.74. The van der Waals surface area contributed by atoms with Crippen molar-refractivity contribution in [2.75, 3.05) is 5.32 Å². The molecule has 0 aliphatic heterocycles. The molecular weight excluding hydrogens is 358 g/mol. The zero-order valence-corrected chi connectivity index (χ0v) is 16.1. The van der Waals surface area contributed by atoms with Crippen LogP contribution >= 0.6 is 0 Å². The van der Waals surface area contributed by atoms with Gasteiger partial charge < -0.3 is 20.3 Å². The average Bonchev–Trinajstić information content (AvgIpc) is 3.56. The van der Waals surface area contributed by atoms with Crippen LogP contribution in [-0.2, 0) is 4.79 Å². The van der Waals surface area contributed by atoms with Gasteiger partial charge in [-0.25, -0.2) is 4.79 Å². The monoisotopic (exact) mass is 383 g/mol. The number of hydrogen-bond acceptors (Lipinski definition) is 4. The number of aryl methyl sites for hydroxylation is 2. The Morgan fingerprint density at radius 3 is 2.18 bits per heavy atom. The maximum Gasteiger partial charge on any atom is 0.405 e. The van der Waals surface area contributed by atoms with Crippen molar-refractivity contribution in [2.24, 2.45) is 17.8 Å². The van der Waals surface area contributed by atoms with Gasteiger partial charge in [0, 0.05) is 11.3 Å². The summed E-state index contributed by atoms with van der Waals surface area (Å²) in [6.07, 6.45) is 3.17. The smallest absolute Gasteiger partial charge is 0.405 e. The minimum Gasteiger partial charge on any atom is -0.465 e. The topological polar surface area (TPSA) is 104 Å².